The molecule has 31 heavy (non-hydrogen) atoms. The molecule has 5 rings (SSSR count). The largest absolute Gasteiger partial charge is 0.508 e. The van der Waals surface area contributed by atoms with Crippen molar-refractivity contribution in [1.82, 2.24) is 0 Å². The second-order valence-corrected chi connectivity index (χ2v) is 8.89. The summed E-state index contributed by atoms with van der Waals surface area (Å²) < 4.78 is 0. The number of benzene rings is 4. The van der Waals surface area contributed by atoms with E-state index in [9.17, 15) is 10.2 Å². The third-order valence-corrected chi connectivity index (χ3v) is 6.56. The monoisotopic (exact) mass is 406 g/mol. The molecule has 2 N–H and O–H groups in total. The van der Waals surface area contributed by atoms with E-state index >= 15 is 0 Å². The molecule has 1 aliphatic carbocycles. The zero-order chi connectivity index (χ0) is 21.9. The summed E-state index contributed by atoms with van der Waals surface area (Å²) in [6.07, 6.45) is 0. The van der Waals surface area contributed by atoms with Gasteiger partial charge in [0, 0.05) is 11.1 Å². The lowest BCUT2D eigenvalue weighted by molar-refractivity contribution is 0.448. The van der Waals surface area contributed by atoms with Crippen LogP contribution < -0.4 is 0 Å². The van der Waals surface area contributed by atoms with E-state index < -0.39 is 5.41 Å². The van der Waals surface area contributed by atoms with Crippen molar-refractivity contribution in [3.63, 3.8) is 0 Å². The van der Waals surface area contributed by atoms with Gasteiger partial charge in [0.15, 0.2) is 0 Å². The van der Waals surface area contributed by atoms with Gasteiger partial charge in [-0.25, -0.2) is 0 Å². The minimum absolute atomic E-state index is 0.238. The molecule has 154 valence electrons. The van der Waals surface area contributed by atoms with E-state index in [1.165, 1.54) is 0 Å². The van der Waals surface area contributed by atoms with Gasteiger partial charge in [0.25, 0.3) is 0 Å². The fourth-order valence-electron chi connectivity index (χ4n) is 5.19. The van der Waals surface area contributed by atoms with Gasteiger partial charge in [0.05, 0.1) is 5.41 Å². The van der Waals surface area contributed by atoms with Crippen LogP contribution in [0.25, 0.3) is 11.1 Å². The summed E-state index contributed by atoms with van der Waals surface area (Å²) in [5.74, 6) is 0.476. The summed E-state index contributed by atoms with van der Waals surface area (Å²) in [5, 5.41) is 22.5. The van der Waals surface area contributed by atoms with Gasteiger partial charge in [-0.2, -0.15) is 0 Å². The number of aryl methyl sites for hydroxylation is 4. The minimum Gasteiger partial charge on any atom is -0.508 e. The van der Waals surface area contributed by atoms with Crippen LogP contribution in [-0.4, -0.2) is 10.2 Å². The summed E-state index contributed by atoms with van der Waals surface area (Å²) in [5.41, 5.74) is 9.50. The molecule has 0 fully saturated rings. The molecular weight excluding hydrogens is 380 g/mol. The SMILES string of the molecule is Cc1ccc(C2(c3ccc(C)cc3O)c3cc(C)ccc3-c3ccc(C)cc32)c(O)c1. The van der Waals surface area contributed by atoms with E-state index in [1.54, 1.807) is 0 Å². The maximum Gasteiger partial charge on any atom is 0.120 e. The van der Waals surface area contributed by atoms with Crippen molar-refractivity contribution < 1.29 is 10.2 Å². The van der Waals surface area contributed by atoms with E-state index in [0.29, 0.717) is 0 Å². The zero-order valence-corrected chi connectivity index (χ0v) is 18.3. The van der Waals surface area contributed by atoms with Gasteiger partial charge < -0.3 is 10.2 Å². The summed E-state index contributed by atoms with van der Waals surface area (Å²) in [7, 11) is 0. The average molecular weight is 407 g/mol. The van der Waals surface area contributed by atoms with Crippen LogP contribution in [0, 0.1) is 27.7 Å². The molecule has 2 nitrogen and oxygen atoms in total. The molecule has 0 unspecified atom stereocenters. The molecule has 2 heteroatoms. The summed E-state index contributed by atoms with van der Waals surface area (Å²) in [4.78, 5) is 0. The number of phenols is 2. The highest BCUT2D eigenvalue weighted by molar-refractivity contribution is 5.88. The fourth-order valence-corrected chi connectivity index (χ4v) is 5.19. The lowest BCUT2D eigenvalue weighted by Gasteiger charge is -2.35. The molecule has 0 saturated heterocycles. The molecule has 0 heterocycles. The van der Waals surface area contributed by atoms with Crippen molar-refractivity contribution in [2.45, 2.75) is 33.1 Å². The van der Waals surface area contributed by atoms with Crippen LogP contribution in [0.1, 0.15) is 44.5 Å². The molecule has 0 aromatic heterocycles. The highest BCUT2D eigenvalue weighted by Gasteiger charge is 2.49. The zero-order valence-electron chi connectivity index (χ0n) is 18.3. The Morgan fingerprint density at radius 2 is 0.806 bits per heavy atom. The lowest BCUT2D eigenvalue weighted by Crippen LogP contribution is -2.29. The quantitative estimate of drug-likeness (QED) is 0.343. The van der Waals surface area contributed by atoms with Crippen LogP contribution in [0.5, 0.6) is 11.5 Å². The third-order valence-electron chi connectivity index (χ3n) is 6.56. The van der Waals surface area contributed by atoms with Gasteiger partial charge in [0.1, 0.15) is 11.5 Å². The number of rotatable bonds is 2. The molecule has 0 aliphatic heterocycles. The standard InChI is InChI=1S/C29H26O2/c1-17-5-9-21-22-10-6-18(2)14-26(22)29(25(21)13-17,23-11-7-19(3)15-27(23)30)24-12-8-20(4)16-28(24)31/h5-16,30-31H,1-4H3. The first-order valence-electron chi connectivity index (χ1n) is 10.6. The first-order chi connectivity index (χ1) is 14.8. The molecule has 4 aromatic carbocycles. The van der Waals surface area contributed by atoms with Crippen LogP contribution in [0.4, 0.5) is 0 Å². The van der Waals surface area contributed by atoms with Crippen LogP contribution in [0.2, 0.25) is 0 Å². The van der Waals surface area contributed by atoms with Crippen molar-refractivity contribution >= 4 is 0 Å². The Balaban J connectivity index is 2.03. The maximum atomic E-state index is 11.2. The molecule has 0 saturated carbocycles. The predicted molar refractivity (Wildman–Crippen MR) is 126 cm³/mol. The highest BCUT2D eigenvalue weighted by Crippen LogP contribution is 2.59. The Labute approximate surface area is 183 Å². The van der Waals surface area contributed by atoms with E-state index in [0.717, 1.165) is 55.6 Å². The Kier molecular flexibility index (Phi) is 4.23. The van der Waals surface area contributed by atoms with E-state index in [4.69, 9.17) is 0 Å². The number of aromatic hydroxyl groups is 2. The van der Waals surface area contributed by atoms with Gasteiger partial charge in [-0.3, -0.25) is 0 Å². The van der Waals surface area contributed by atoms with Crippen molar-refractivity contribution in [1.29, 1.82) is 0 Å². The minimum atomic E-state index is -0.807. The van der Waals surface area contributed by atoms with Gasteiger partial charge in [-0.15, -0.1) is 0 Å². The van der Waals surface area contributed by atoms with Crippen LogP contribution >= 0.6 is 0 Å². The molecule has 1 aliphatic rings. The van der Waals surface area contributed by atoms with E-state index in [-0.39, 0.29) is 11.5 Å². The van der Waals surface area contributed by atoms with Gasteiger partial charge in [-0.1, -0.05) is 71.8 Å². The molecule has 0 atom stereocenters. The maximum absolute atomic E-state index is 11.2. The number of hydrogen-bond acceptors (Lipinski definition) is 2. The number of hydrogen-bond donors (Lipinski definition) is 2. The van der Waals surface area contributed by atoms with Gasteiger partial charge in [-0.05, 0) is 73.2 Å². The summed E-state index contributed by atoms with van der Waals surface area (Å²) in [6, 6.07) is 24.7. The topological polar surface area (TPSA) is 40.5 Å². The van der Waals surface area contributed by atoms with Gasteiger partial charge in [0.2, 0.25) is 0 Å². The summed E-state index contributed by atoms with van der Waals surface area (Å²) in [6.45, 7) is 8.13. The van der Waals surface area contributed by atoms with Crippen molar-refractivity contribution in [3.8, 4) is 22.6 Å². The van der Waals surface area contributed by atoms with Crippen LogP contribution in [0.15, 0.2) is 72.8 Å². The molecule has 4 aromatic rings. The first kappa shape index (κ1) is 19.4. The molecule has 0 spiro atoms. The van der Waals surface area contributed by atoms with Crippen LogP contribution in [-0.2, 0) is 5.41 Å². The molecule has 0 amide bonds. The van der Waals surface area contributed by atoms with Crippen molar-refractivity contribution in [3.05, 3.63) is 117 Å². The van der Waals surface area contributed by atoms with Crippen molar-refractivity contribution in [2.24, 2.45) is 0 Å². The lowest BCUT2D eigenvalue weighted by atomic mass is 9.66. The average Bonchev–Trinajstić information content (AvgIpc) is 2.97. The van der Waals surface area contributed by atoms with Gasteiger partial charge >= 0.3 is 0 Å². The second-order valence-electron chi connectivity index (χ2n) is 8.89. The predicted octanol–water partition coefficient (Wildman–Crippen LogP) is 6.69. The Morgan fingerprint density at radius 1 is 0.452 bits per heavy atom. The number of fused-ring (bicyclic) bond motifs is 3. The third kappa shape index (κ3) is 2.71. The molecular formula is C29H26O2. The fraction of sp³-hybridized carbons (Fsp3) is 0.172. The Hall–Kier alpha value is -3.52. The van der Waals surface area contributed by atoms with E-state index in [1.807, 2.05) is 50.2 Å². The summed E-state index contributed by atoms with van der Waals surface area (Å²) >= 11 is 0. The number of phenolic OH excluding ortho intramolecular Hbond substituents is 2. The smallest absolute Gasteiger partial charge is 0.120 e. The molecule has 0 radical (unpaired) electrons. The van der Waals surface area contributed by atoms with E-state index in [2.05, 4.69) is 50.2 Å². The Morgan fingerprint density at radius 3 is 1.19 bits per heavy atom. The second kappa shape index (κ2) is 6.75. The normalized spacial score (nSPS) is 13.7. The Bertz CT molecular complexity index is 1240. The van der Waals surface area contributed by atoms with Crippen molar-refractivity contribution in [2.75, 3.05) is 0 Å². The first-order valence-corrected chi connectivity index (χ1v) is 10.6. The molecule has 0 bridgehead atoms. The highest BCUT2D eigenvalue weighted by atomic mass is 16.3. The van der Waals surface area contributed by atoms with Crippen LogP contribution in [0.3, 0.4) is 0 Å².